The summed E-state index contributed by atoms with van der Waals surface area (Å²) in [6.45, 7) is 1.68. The number of hydrogen-bond donors (Lipinski definition) is 1. The number of rotatable bonds is 6. The van der Waals surface area contributed by atoms with Crippen LogP contribution in [0.1, 0.15) is 17.3 Å². The summed E-state index contributed by atoms with van der Waals surface area (Å²) in [5.74, 6) is -0.936. The predicted molar refractivity (Wildman–Crippen MR) is 70.8 cm³/mol. The van der Waals surface area contributed by atoms with Crippen LogP contribution in [-0.2, 0) is 4.74 Å². The molecule has 20 heavy (non-hydrogen) atoms. The molecule has 0 aliphatic carbocycles. The van der Waals surface area contributed by atoms with Crippen LogP contribution in [0.2, 0.25) is 0 Å². The first kappa shape index (κ1) is 16.5. The van der Waals surface area contributed by atoms with Crippen molar-refractivity contribution in [3.8, 4) is 5.75 Å². The molecule has 0 unspecified atom stereocenters. The zero-order valence-electron chi connectivity index (χ0n) is 10.7. The van der Waals surface area contributed by atoms with Gasteiger partial charge in [-0.1, -0.05) is 6.07 Å². The van der Waals surface area contributed by atoms with Gasteiger partial charge in [0, 0.05) is 5.75 Å². The first-order valence-corrected chi connectivity index (χ1v) is 6.72. The minimum atomic E-state index is -4.33. The summed E-state index contributed by atoms with van der Waals surface area (Å²) in [5.41, 5.74) is 1.71. The molecule has 8 heteroatoms. The van der Waals surface area contributed by atoms with Crippen molar-refractivity contribution in [1.82, 2.24) is 0 Å². The average molecular weight is 309 g/mol. The van der Waals surface area contributed by atoms with Gasteiger partial charge in [-0.15, -0.1) is 0 Å². The number of nitrogen functional groups attached to an aromatic ring is 1. The van der Waals surface area contributed by atoms with E-state index in [0.29, 0.717) is 6.61 Å². The number of ether oxygens (including phenoxy) is 2. The van der Waals surface area contributed by atoms with Gasteiger partial charge >= 0.3 is 11.5 Å². The third kappa shape index (κ3) is 5.20. The van der Waals surface area contributed by atoms with Crippen LogP contribution in [0.4, 0.5) is 18.9 Å². The Hall–Kier alpha value is -1.57. The third-order valence-corrected chi connectivity index (χ3v) is 2.83. The molecule has 0 atom stereocenters. The van der Waals surface area contributed by atoms with Crippen LogP contribution in [0.5, 0.6) is 5.75 Å². The van der Waals surface area contributed by atoms with Gasteiger partial charge in [0.1, 0.15) is 12.2 Å². The first-order chi connectivity index (χ1) is 9.35. The Bertz CT molecular complexity index is 466. The Kier molecular flexibility index (Phi) is 6.00. The van der Waals surface area contributed by atoms with E-state index in [1.807, 2.05) is 0 Å². The average Bonchev–Trinajstić information content (AvgIpc) is 2.36. The number of carbonyl (C=O) groups is 1. The molecule has 0 amide bonds. The van der Waals surface area contributed by atoms with Gasteiger partial charge in [-0.2, -0.15) is 13.2 Å². The zero-order valence-corrected chi connectivity index (χ0v) is 11.5. The maximum absolute atomic E-state index is 11.9. The summed E-state index contributed by atoms with van der Waals surface area (Å²) < 4.78 is 45.7. The number of esters is 1. The van der Waals surface area contributed by atoms with Gasteiger partial charge in [0.25, 0.3) is 0 Å². The lowest BCUT2D eigenvalue weighted by molar-refractivity contribution is -0.0331. The first-order valence-electron chi connectivity index (χ1n) is 5.74. The Balaban J connectivity index is 2.61. The van der Waals surface area contributed by atoms with Crippen LogP contribution in [0.3, 0.4) is 0 Å². The van der Waals surface area contributed by atoms with Crippen molar-refractivity contribution in [1.29, 1.82) is 0 Å². The molecule has 0 radical (unpaired) electrons. The van der Waals surface area contributed by atoms with Gasteiger partial charge in [0.15, 0.2) is 5.75 Å². The molecule has 0 fully saturated rings. The summed E-state index contributed by atoms with van der Waals surface area (Å²) in [6, 6.07) is 4.54. The van der Waals surface area contributed by atoms with Crippen LogP contribution in [-0.4, -0.2) is 30.4 Å². The third-order valence-electron chi connectivity index (χ3n) is 2.14. The van der Waals surface area contributed by atoms with Crippen LogP contribution < -0.4 is 10.5 Å². The largest absolute Gasteiger partial charge is 0.491 e. The van der Waals surface area contributed by atoms with Gasteiger partial charge in [0.2, 0.25) is 0 Å². The standard InChI is InChI=1S/C12H14F3NO3S/c1-2-18-10-8(4-3-5-9(10)16)11(17)19-6-7-20-12(13,14)15/h3-5H,2,6-7,16H2,1H3. The molecule has 1 aromatic rings. The molecular formula is C12H14F3NO3S. The molecular weight excluding hydrogens is 295 g/mol. The van der Waals surface area contributed by atoms with E-state index < -0.39 is 11.5 Å². The highest BCUT2D eigenvalue weighted by Crippen LogP contribution is 2.30. The van der Waals surface area contributed by atoms with Crippen LogP contribution in [0.25, 0.3) is 0 Å². The Morgan fingerprint density at radius 3 is 2.70 bits per heavy atom. The molecule has 2 N–H and O–H groups in total. The molecule has 0 aliphatic heterocycles. The second kappa shape index (κ2) is 7.28. The highest BCUT2D eigenvalue weighted by atomic mass is 32.2. The Labute approximate surface area is 118 Å². The fourth-order valence-electron chi connectivity index (χ4n) is 1.39. The van der Waals surface area contributed by atoms with Crippen molar-refractivity contribution in [2.24, 2.45) is 0 Å². The number of anilines is 1. The minimum Gasteiger partial charge on any atom is -0.491 e. The minimum absolute atomic E-state index is 0.101. The lowest BCUT2D eigenvalue weighted by Crippen LogP contribution is -2.12. The number of thioether (sulfide) groups is 1. The number of carbonyl (C=O) groups excluding carboxylic acids is 1. The van der Waals surface area contributed by atoms with Gasteiger partial charge in [0.05, 0.1) is 12.3 Å². The molecule has 1 aromatic carbocycles. The zero-order chi connectivity index (χ0) is 15.2. The molecule has 0 saturated carbocycles. The smallest absolute Gasteiger partial charge is 0.441 e. The van der Waals surface area contributed by atoms with Crippen molar-refractivity contribution >= 4 is 23.4 Å². The second-order valence-electron chi connectivity index (χ2n) is 3.59. The summed E-state index contributed by atoms with van der Waals surface area (Å²) in [6.07, 6.45) is 0. The lowest BCUT2D eigenvalue weighted by Gasteiger charge is -2.12. The fourth-order valence-corrected chi connectivity index (χ4v) is 1.79. The van der Waals surface area contributed by atoms with Crippen molar-refractivity contribution in [2.45, 2.75) is 12.4 Å². The molecule has 112 valence electrons. The van der Waals surface area contributed by atoms with E-state index in [2.05, 4.69) is 0 Å². The lowest BCUT2D eigenvalue weighted by atomic mass is 10.2. The molecule has 0 heterocycles. The summed E-state index contributed by atoms with van der Waals surface area (Å²) in [4.78, 5) is 11.8. The number of benzene rings is 1. The van der Waals surface area contributed by atoms with Crippen molar-refractivity contribution in [2.75, 3.05) is 24.7 Å². The van der Waals surface area contributed by atoms with Crippen molar-refractivity contribution < 1.29 is 27.4 Å². The summed E-state index contributed by atoms with van der Waals surface area (Å²) in [7, 11) is 0. The molecule has 0 aromatic heterocycles. The number of alkyl halides is 3. The monoisotopic (exact) mass is 309 g/mol. The number of hydrogen-bond acceptors (Lipinski definition) is 5. The highest BCUT2D eigenvalue weighted by Gasteiger charge is 2.27. The normalized spacial score (nSPS) is 11.2. The van der Waals surface area contributed by atoms with Crippen molar-refractivity contribution in [3.63, 3.8) is 0 Å². The number of para-hydroxylation sites is 1. The Morgan fingerprint density at radius 2 is 2.10 bits per heavy atom. The maximum Gasteiger partial charge on any atom is 0.441 e. The molecule has 0 bridgehead atoms. The van der Waals surface area contributed by atoms with E-state index in [0.717, 1.165) is 0 Å². The van der Waals surface area contributed by atoms with E-state index in [9.17, 15) is 18.0 Å². The molecule has 0 saturated heterocycles. The number of halogens is 3. The van der Waals surface area contributed by atoms with Crippen LogP contribution in [0, 0.1) is 0 Å². The summed E-state index contributed by atoms with van der Waals surface area (Å²) >= 11 is -0.245. The van der Waals surface area contributed by atoms with Gasteiger partial charge in [-0.25, -0.2) is 4.79 Å². The van der Waals surface area contributed by atoms with E-state index in [4.69, 9.17) is 15.2 Å². The fraction of sp³-hybridized carbons (Fsp3) is 0.417. The molecule has 4 nitrogen and oxygen atoms in total. The topological polar surface area (TPSA) is 61.5 Å². The number of nitrogens with two attached hydrogens (primary N) is 1. The van der Waals surface area contributed by atoms with Crippen molar-refractivity contribution in [3.05, 3.63) is 23.8 Å². The van der Waals surface area contributed by atoms with Gasteiger partial charge < -0.3 is 15.2 Å². The maximum atomic E-state index is 11.9. The SMILES string of the molecule is CCOc1c(N)cccc1C(=O)OCCSC(F)(F)F. The van der Waals surface area contributed by atoms with Gasteiger partial charge in [-0.05, 0) is 30.8 Å². The van der Waals surface area contributed by atoms with E-state index in [1.165, 1.54) is 6.07 Å². The molecule has 0 spiro atoms. The Morgan fingerprint density at radius 1 is 1.40 bits per heavy atom. The van der Waals surface area contributed by atoms with E-state index in [1.54, 1.807) is 19.1 Å². The van der Waals surface area contributed by atoms with E-state index >= 15 is 0 Å². The molecule has 0 aliphatic rings. The summed E-state index contributed by atoms with van der Waals surface area (Å²) in [5, 5.41) is 0. The molecule has 1 rings (SSSR count). The second-order valence-corrected chi connectivity index (χ2v) is 4.75. The van der Waals surface area contributed by atoms with Crippen LogP contribution in [0.15, 0.2) is 18.2 Å². The van der Waals surface area contributed by atoms with Crippen LogP contribution >= 0.6 is 11.8 Å². The highest BCUT2D eigenvalue weighted by molar-refractivity contribution is 8.00. The van der Waals surface area contributed by atoms with Gasteiger partial charge in [-0.3, -0.25) is 0 Å². The quantitative estimate of drug-likeness (QED) is 0.497. The predicted octanol–water partition coefficient (Wildman–Crippen LogP) is 3.08. The van der Waals surface area contributed by atoms with E-state index in [-0.39, 0.29) is 41.1 Å².